The Morgan fingerprint density at radius 1 is 1.20 bits per heavy atom. The van der Waals surface area contributed by atoms with Crippen molar-refractivity contribution in [1.29, 1.82) is 0 Å². The number of benzene rings is 1. The van der Waals surface area contributed by atoms with Gasteiger partial charge in [-0.15, -0.1) is 0 Å². The molecule has 3 heteroatoms. The summed E-state index contributed by atoms with van der Waals surface area (Å²) in [6.45, 7) is 8.87. The van der Waals surface area contributed by atoms with E-state index in [0.717, 1.165) is 41.4 Å². The van der Waals surface area contributed by atoms with E-state index in [9.17, 15) is 0 Å². The van der Waals surface area contributed by atoms with Crippen molar-refractivity contribution in [2.24, 2.45) is 5.92 Å². The predicted octanol–water partition coefficient (Wildman–Crippen LogP) is 5.02. The van der Waals surface area contributed by atoms with Crippen molar-refractivity contribution < 1.29 is 4.42 Å². The Labute approximate surface area is 121 Å². The van der Waals surface area contributed by atoms with Crippen LogP contribution >= 0.6 is 0 Å². The van der Waals surface area contributed by atoms with Crippen molar-refractivity contribution in [2.45, 2.75) is 59.4 Å². The van der Waals surface area contributed by atoms with E-state index in [-0.39, 0.29) is 0 Å². The van der Waals surface area contributed by atoms with Gasteiger partial charge in [0.25, 0.3) is 0 Å². The number of anilines is 1. The topological polar surface area (TPSA) is 38.1 Å². The van der Waals surface area contributed by atoms with Gasteiger partial charge in [-0.1, -0.05) is 34.1 Å². The molecule has 0 spiro atoms. The van der Waals surface area contributed by atoms with Gasteiger partial charge in [0.2, 0.25) is 0 Å². The summed E-state index contributed by atoms with van der Waals surface area (Å²) in [6, 6.07) is 6.73. The number of aromatic nitrogens is 1. The maximum atomic E-state index is 5.65. The third kappa shape index (κ3) is 3.53. The van der Waals surface area contributed by atoms with Gasteiger partial charge in [-0.2, -0.15) is 0 Å². The van der Waals surface area contributed by atoms with Crippen LogP contribution in [0.3, 0.4) is 0 Å². The Bertz CT molecular complexity index is 547. The highest BCUT2D eigenvalue weighted by molar-refractivity contribution is 5.77. The average molecular weight is 274 g/mol. The first-order chi connectivity index (χ1) is 9.66. The summed E-state index contributed by atoms with van der Waals surface area (Å²) in [5, 5.41) is 3.63. The second-order valence-corrected chi connectivity index (χ2v) is 5.64. The Kier molecular flexibility index (Phi) is 5.05. The summed E-state index contributed by atoms with van der Waals surface area (Å²) in [4.78, 5) is 4.50. The maximum Gasteiger partial charge on any atom is 0.195 e. The molecular formula is C17H26N2O. The standard InChI is InChI=1S/C17H26N2O/c1-5-12(4)10-13(6-2)18-14-8-9-16-15(11-14)19-17(7-3)20-16/h8-9,11-13,18H,5-7,10H2,1-4H3. The third-order valence-corrected chi connectivity index (χ3v) is 3.98. The lowest BCUT2D eigenvalue weighted by molar-refractivity contribution is 0.462. The molecule has 0 radical (unpaired) electrons. The van der Waals surface area contributed by atoms with Crippen molar-refractivity contribution >= 4 is 16.8 Å². The van der Waals surface area contributed by atoms with Crippen LogP contribution in [0.2, 0.25) is 0 Å². The van der Waals surface area contributed by atoms with Gasteiger partial charge < -0.3 is 9.73 Å². The zero-order valence-electron chi connectivity index (χ0n) is 13.1. The molecule has 110 valence electrons. The van der Waals surface area contributed by atoms with Crippen molar-refractivity contribution in [3.05, 3.63) is 24.1 Å². The fourth-order valence-electron chi connectivity index (χ4n) is 2.43. The molecule has 1 N–H and O–H groups in total. The van der Waals surface area contributed by atoms with Gasteiger partial charge in [-0.3, -0.25) is 0 Å². The second-order valence-electron chi connectivity index (χ2n) is 5.64. The van der Waals surface area contributed by atoms with Gasteiger partial charge in [0.1, 0.15) is 5.52 Å². The Hall–Kier alpha value is -1.51. The Morgan fingerprint density at radius 3 is 2.65 bits per heavy atom. The number of fused-ring (bicyclic) bond motifs is 1. The lowest BCUT2D eigenvalue weighted by atomic mass is 9.97. The molecule has 2 unspecified atom stereocenters. The highest BCUT2D eigenvalue weighted by atomic mass is 16.3. The number of hydrogen-bond acceptors (Lipinski definition) is 3. The summed E-state index contributed by atoms with van der Waals surface area (Å²) in [6.07, 6.45) is 4.43. The van der Waals surface area contributed by atoms with Crippen LogP contribution in [0.15, 0.2) is 22.6 Å². The van der Waals surface area contributed by atoms with Crippen LogP contribution in [0, 0.1) is 5.92 Å². The van der Waals surface area contributed by atoms with E-state index >= 15 is 0 Å². The lowest BCUT2D eigenvalue weighted by Gasteiger charge is -2.21. The number of nitrogens with one attached hydrogen (secondary N) is 1. The molecular weight excluding hydrogens is 248 g/mol. The first-order valence-corrected chi connectivity index (χ1v) is 7.82. The Morgan fingerprint density at radius 2 is 2.00 bits per heavy atom. The summed E-state index contributed by atoms with van der Waals surface area (Å²) in [5.74, 6) is 1.57. The summed E-state index contributed by atoms with van der Waals surface area (Å²) < 4.78 is 5.65. The van der Waals surface area contributed by atoms with E-state index in [1.54, 1.807) is 0 Å². The van der Waals surface area contributed by atoms with E-state index in [4.69, 9.17) is 4.42 Å². The number of rotatable bonds is 7. The highest BCUT2D eigenvalue weighted by Gasteiger charge is 2.11. The largest absolute Gasteiger partial charge is 0.441 e. The minimum atomic E-state index is 0.528. The molecule has 0 aliphatic rings. The van der Waals surface area contributed by atoms with Crippen LogP contribution in [-0.2, 0) is 6.42 Å². The molecule has 0 saturated heterocycles. The number of aryl methyl sites for hydroxylation is 1. The molecule has 0 aliphatic carbocycles. The molecule has 2 aromatic rings. The van der Waals surface area contributed by atoms with Crippen LogP contribution < -0.4 is 5.32 Å². The lowest BCUT2D eigenvalue weighted by Crippen LogP contribution is -2.21. The van der Waals surface area contributed by atoms with Gasteiger partial charge in [0.05, 0.1) is 0 Å². The maximum absolute atomic E-state index is 5.65. The van der Waals surface area contributed by atoms with E-state index in [1.807, 2.05) is 6.07 Å². The average Bonchev–Trinajstić information content (AvgIpc) is 2.88. The van der Waals surface area contributed by atoms with Crippen molar-refractivity contribution in [2.75, 3.05) is 5.32 Å². The van der Waals surface area contributed by atoms with Crippen LogP contribution in [-0.4, -0.2) is 11.0 Å². The molecule has 0 aliphatic heterocycles. The first-order valence-electron chi connectivity index (χ1n) is 7.82. The van der Waals surface area contributed by atoms with Crippen molar-refractivity contribution in [3.8, 4) is 0 Å². The molecule has 20 heavy (non-hydrogen) atoms. The smallest absolute Gasteiger partial charge is 0.195 e. The van der Waals surface area contributed by atoms with E-state index in [1.165, 1.54) is 12.8 Å². The molecule has 1 aromatic carbocycles. The highest BCUT2D eigenvalue weighted by Crippen LogP contribution is 2.23. The van der Waals surface area contributed by atoms with Gasteiger partial charge in [0, 0.05) is 18.2 Å². The monoisotopic (exact) mass is 274 g/mol. The molecule has 3 nitrogen and oxygen atoms in total. The minimum Gasteiger partial charge on any atom is -0.441 e. The van der Waals surface area contributed by atoms with Crippen molar-refractivity contribution in [1.82, 2.24) is 4.98 Å². The quantitative estimate of drug-likeness (QED) is 0.770. The molecule has 2 rings (SSSR count). The van der Waals surface area contributed by atoms with Gasteiger partial charge >= 0.3 is 0 Å². The molecule has 1 aromatic heterocycles. The number of nitrogens with zero attached hydrogens (tertiary/aromatic N) is 1. The fourth-order valence-corrected chi connectivity index (χ4v) is 2.43. The van der Waals surface area contributed by atoms with Crippen LogP contribution in [0.25, 0.3) is 11.1 Å². The fraction of sp³-hybridized carbons (Fsp3) is 0.588. The number of oxazole rings is 1. The first kappa shape index (κ1) is 14.9. The molecule has 0 amide bonds. The molecule has 1 heterocycles. The normalized spacial score (nSPS) is 14.4. The minimum absolute atomic E-state index is 0.528. The summed E-state index contributed by atoms with van der Waals surface area (Å²) in [5.41, 5.74) is 2.97. The van der Waals surface area contributed by atoms with Crippen LogP contribution in [0.1, 0.15) is 52.8 Å². The summed E-state index contributed by atoms with van der Waals surface area (Å²) in [7, 11) is 0. The van der Waals surface area contributed by atoms with Gasteiger partial charge in [-0.05, 0) is 37.0 Å². The van der Waals surface area contributed by atoms with Gasteiger partial charge in [0.15, 0.2) is 11.5 Å². The van der Waals surface area contributed by atoms with Gasteiger partial charge in [-0.25, -0.2) is 4.98 Å². The molecule has 0 bridgehead atoms. The third-order valence-electron chi connectivity index (χ3n) is 3.98. The van der Waals surface area contributed by atoms with E-state index in [0.29, 0.717) is 6.04 Å². The second kappa shape index (κ2) is 6.78. The SMILES string of the molecule is CCc1nc2cc(NC(CC)CC(C)CC)ccc2o1. The predicted molar refractivity (Wildman–Crippen MR) is 85.2 cm³/mol. The van der Waals surface area contributed by atoms with E-state index < -0.39 is 0 Å². The zero-order chi connectivity index (χ0) is 14.5. The Balaban J connectivity index is 2.11. The van der Waals surface area contributed by atoms with Crippen molar-refractivity contribution in [3.63, 3.8) is 0 Å². The van der Waals surface area contributed by atoms with E-state index in [2.05, 4.69) is 50.1 Å². The zero-order valence-corrected chi connectivity index (χ0v) is 13.1. The van der Waals surface area contributed by atoms with Crippen LogP contribution in [0.4, 0.5) is 5.69 Å². The molecule has 0 saturated carbocycles. The van der Waals surface area contributed by atoms with Crippen LogP contribution in [0.5, 0.6) is 0 Å². The number of hydrogen-bond donors (Lipinski definition) is 1. The summed E-state index contributed by atoms with van der Waals surface area (Å²) >= 11 is 0. The molecule has 0 fully saturated rings. The molecule has 2 atom stereocenters.